The van der Waals surface area contributed by atoms with Gasteiger partial charge in [0, 0.05) is 25.4 Å². The summed E-state index contributed by atoms with van der Waals surface area (Å²) in [6.45, 7) is 1.04. The third-order valence-electron chi connectivity index (χ3n) is 3.28. The Bertz CT molecular complexity index is 522. The number of nitrogens with two attached hydrogens (primary N) is 1. The van der Waals surface area contributed by atoms with E-state index in [1.54, 1.807) is 13.2 Å². The molecular weight excluding hydrogens is 274 g/mol. The highest BCUT2D eigenvalue weighted by Gasteiger charge is 2.27. The van der Waals surface area contributed by atoms with Gasteiger partial charge in [0.1, 0.15) is 18.7 Å². The monoisotopic (exact) mass is 293 g/mol. The number of nitrogens with zero attached hydrogens (tertiary/aromatic N) is 1. The highest BCUT2D eigenvalue weighted by Crippen LogP contribution is 2.15. The van der Waals surface area contributed by atoms with Gasteiger partial charge >= 0.3 is 0 Å². The second-order valence-electron chi connectivity index (χ2n) is 4.59. The van der Waals surface area contributed by atoms with Crippen LogP contribution in [0.15, 0.2) is 18.5 Å². The third-order valence-corrected chi connectivity index (χ3v) is 3.28. The molecule has 2 heterocycles. The molecule has 0 saturated carbocycles. The maximum atomic E-state index is 11.1. The summed E-state index contributed by atoms with van der Waals surface area (Å²) >= 11 is 0. The van der Waals surface area contributed by atoms with Crippen molar-refractivity contribution in [1.29, 1.82) is 5.41 Å². The molecule has 21 heavy (non-hydrogen) atoms. The number of amides is 1. The molecule has 0 bridgehead atoms. The molecule has 1 aliphatic rings. The van der Waals surface area contributed by atoms with Crippen molar-refractivity contribution >= 4 is 17.3 Å². The van der Waals surface area contributed by atoms with E-state index in [0.29, 0.717) is 11.3 Å². The number of methoxy groups -OCH3 is 1. The van der Waals surface area contributed by atoms with Gasteiger partial charge in [-0.15, -0.1) is 0 Å². The van der Waals surface area contributed by atoms with Crippen LogP contribution in [0.5, 0.6) is 0 Å². The predicted octanol–water partition coefficient (Wildman–Crippen LogP) is -0.345. The molecular formula is C13H19N5O3. The van der Waals surface area contributed by atoms with Crippen LogP contribution in [0.1, 0.15) is 12.0 Å². The number of carbonyl (C=O) groups is 1. The zero-order valence-corrected chi connectivity index (χ0v) is 11.8. The second-order valence-corrected chi connectivity index (χ2v) is 4.59. The number of rotatable bonds is 7. The van der Waals surface area contributed by atoms with Crippen molar-refractivity contribution in [3.63, 3.8) is 0 Å². The van der Waals surface area contributed by atoms with Crippen molar-refractivity contribution in [3.05, 3.63) is 24.0 Å². The lowest BCUT2D eigenvalue weighted by Crippen LogP contribution is -2.36. The molecule has 8 heteroatoms. The van der Waals surface area contributed by atoms with E-state index in [2.05, 4.69) is 15.6 Å². The van der Waals surface area contributed by atoms with Gasteiger partial charge in [0.25, 0.3) is 5.91 Å². The van der Waals surface area contributed by atoms with Crippen LogP contribution in [-0.4, -0.2) is 49.3 Å². The highest BCUT2D eigenvalue weighted by molar-refractivity contribution is 6.44. The Balaban J connectivity index is 1.94. The number of aromatic nitrogens is 1. The Labute approximate surface area is 122 Å². The maximum absolute atomic E-state index is 11.1. The average molecular weight is 293 g/mol. The molecule has 0 spiro atoms. The van der Waals surface area contributed by atoms with Crippen LogP contribution in [0.3, 0.4) is 0 Å². The Morgan fingerprint density at radius 2 is 2.48 bits per heavy atom. The summed E-state index contributed by atoms with van der Waals surface area (Å²) in [5.74, 6) is -0.790. The van der Waals surface area contributed by atoms with E-state index >= 15 is 0 Å². The van der Waals surface area contributed by atoms with E-state index < -0.39 is 5.91 Å². The molecule has 1 saturated heterocycles. The first-order valence-electron chi connectivity index (χ1n) is 6.58. The van der Waals surface area contributed by atoms with Crippen LogP contribution in [0.4, 0.5) is 5.69 Å². The topological polar surface area (TPSA) is 122 Å². The van der Waals surface area contributed by atoms with Crippen molar-refractivity contribution in [1.82, 2.24) is 10.3 Å². The predicted molar refractivity (Wildman–Crippen MR) is 77.0 cm³/mol. The Morgan fingerprint density at radius 1 is 1.67 bits per heavy atom. The normalized spacial score (nSPS) is 21.2. The van der Waals surface area contributed by atoms with Gasteiger partial charge in [0.15, 0.2) is 0 Å². The minimum Gasteiger partial charge on any atom is -0.377 e. The minimum absolute atomic E-state index is 0.0177. The fraction of sp³-hybridized carbons (Fsp3) is 0.462. The van der Waals surface area contributed by atoms with Crippen LogP contribution in [0.25, 0.3) is 0 Å². The van der Waals surface area contributed by atoms with E-state index in [4.69, 9.17) is 20.6 Å². The van der Waals surface area contributed by atoms with Gasteiger partial charge in [-0.3, -0.25) is 20.5 Å². The van der Waals surface area contributed by atoms with Crippen molar-refractivity contribution in [2.24, 2.45) is 5.73 Å². The van der Waals surface area contributed by atoms with Gasteiger partial charge in [0.05, 0.1) is 18.0 Å². The zero-order chi connectivity index (χ0) is 15.2. The summed E-state index contributed by atoms with van der Waals surface area (Å²) in [6.07, 6.45) is 3.75. The van der Waals surface area contributed by atoms with Crippen molar-refractivity contribution in [2.45, 2.75) is 18.8 Å². The molecule has 5 N–H and O–H groups in total. The molecule has 2 atom stereocenters. The summed E-state index contributed by atoms with van der Waals surface area (Å²) in [7, 11) is 1.65. The minimum atomic E-state index is -0.790. The molecule has 2 rings (SSSR count). The Morgan fingerprint density at radius 3 is 3.19 bits per heavy atom. The van der Waals surface area contributed by atoms with E-state index in [0.717, 1.165) is 13.0 Å². The fourth-order valence-corrected chi connectivity index (χ4v) is 2.15. The van der Waals surface area contributed by atoms with Crippen molar-refractivity contribution < 1.29 is 14.3 Å². The van der Waals surface area contributed by atoms with Crippen molar-refractivity contribution in [3.8, 4) is 0 Å². The molecule has 1 amide bonds. The molecule has 114 valence electrons. The van der Waals surface area contributed by atoms with E-state index in [9.17, 15) is 4.79 Å². The van der Waals surface area contributed by atoms with Crippen LogP contribution in [-0.2, 0) is 14.3 Å². The third kappa shape index (κ3) is 3.75. The number of primary amides is 1. The summed E-state index contributed by atoms with van der Waals surface area (Å²) in [5.41, 5.74) is 5.78. The van der Waals surface area contributed by atoms with Crippen molar-refractivity contribution in [2.75, 3.05) is 25.7 Å². The molecule has 0 radical (unpaired) electrons. The second kappa shape index (κ2) is 7.11. The standard InChI is InChI=1S/C13H19N5O3/c1-20-10-3-5-17-13(10)21-7-18-9-6-16-4-2-8(9)11(14)12(15)19/h2,4,6,10,13-14,17-18H,3,5,7H2,1H3,(H2,15,19). The first-order chi connectivity index (χ1) is 10.1. The van der Waals surface area contributed by atoms with Crippen LogP contribution >= 0.6 is 0 Å². The number of pyridine rings is 1. The van der Waals surface area contributed by atoms with E-state index in [-0.39, 0.29) is 24.8 Å². The number of carbonyl (C=O) groups excluding carboxylic acids is 1. The summed E-state index contributed by atoms with van der Waals surface area (Å²) in [4.78, 5) is 15.1. The number of ether oxygens (including phenoxy) is 2. The number of hydrogen-bond donors (Lipinski definition) is 4. The zero-order valence-electron chi connectivity index (χ0n) is 11.8. The molecule has 1 aliphatic heterocycles. The summed E-state index contributed by atoms with van der Waals surface area (Å²) < 4.78 is 10.9. The van der Waals surface area contributed by atoms with Gasteiger partial charge in [0.2, 0.25) is 0 Å². The molecule has 1 fully saturated rings. The van der Waals surface area contributed by atoms with E-state index in [1.165, 1.54) is 12.4 Å². The Kier molecular flexibility index (Phi) is 5.20. The van der Waals surface area contributed by atoms with E-state index in [1.807, 2.05) is 0 Å². The lowest BCUT2D eigenvalue weighted by molar-refractivity contribution is -0.112. The molecule has 0 aliphatic carbocycles. The molecule has 1 aromatic rings. The maximum Gasteiger partial charge on any atom is 0.267 e. The van der Waals surface area contributed by atoms with Gasteiger partial charge in [-0.05, 0) is 12.5 Å². The molecule has 0 aromatic carbocycles. The molecule has 1 aromatic heterocycles. The van der Waals surface area contributed by atoms with Gasteiger partial charge in [-0.25, -0.2) is 0 Å². The van der Waals surface area contributed by atoms with Crippen LogP contribution in [0.2, 0.25) is 0 Å². The first kappa shape index (κ1) is 15.4. The Hall–Kier alpha value is -2.03. The number of hydrogen-bond acceptors (Lipinski definition) is 7. The smallest absolute Gasteiger partial charge is 0.267 e. The highest BCUT2D eigenvalue weighted by atomic mass is 16.6. The number of anilines is 1. The first-order valence-corrected chi connectivity index (χ1v) is 6.58. The molecule has 2 unspecified atom stereocenters. The van der Waals surface area contributed by atoms with Gasteiger partial charge < -0.3 is 20.5 Å². The fourth-order valence-electron chi connectivity index (χ4n) is 2.15. The molecule has 8 nitrogen and oxygen atoms in total. The lowest BCUT2D eigenvalue weighted by atomic mass is 10.1. The summed E-state index contributed by atoms with van der Waals surface area (Å²) in [5, 5.41) is 13.8. The van der Waals surface area contributed by atoms with Crippen LogP contribution in [0, 0.1) is 5.41 Å². The average Bonchev–Trinajstić information content (AvgIpc) is 2.94. The van der Waals surface area contributed by atoms with Gasteiger partial charge in [-0.1, -0.05) is 0 Å². The largest absolute Gasteiger partial charge is 0.377 e. The quantitative estimate of drug-likeness (QED) is 0.403. The van der Waals surface area contributed by atoms with Gasteiger partial charge in [-0.2, -0.15) is 0 Å². The summed E-state index contributed by atoms with van der Waals surface area (Å²) in [6, 6.07) is 1.56. The lowest BCUT2D eigenvalue weighted by Gasteiger charge is -2.19. The SMILES string of the molecule is COC1CCNC1OCNc1cnccc1C(=N)C(N)=O. The van der Waals surface area contributed by atoms with Crippen LogP contribution < -0.4 is 16.4 Å². The number of nitrogens with one attached hydrogen (secondary N) is 3.